The van der Waals surface area contributed by atoms with Crippen LogP contribution in [0.1, 0.15) is 56.1 Å². The van der Waals surface area contributed by atoms with Crippen LogP contribution in [0, 0.1) is 0 Å². The minimum absolute atomic E-state index is 0.0168. The van der Waals surface area contributed by atoms with Gasteiger partial charge in [-0.25, -0.2) is 4.79 Å². The van der Waals surface area contributed by atoms with Crippen molar-refractivity contribution in [3.63, 3.8) is 0 Å². The van der Waals surface area contributed by atoms with Crippen LogP contribution >= 0.6 is 0 Å². The highest BCUT2D eigenvalue weighted by molar-refractivity contribution is 5.97. The maximum atomic E-state index is 12.3. The molecule has 2 aromatic rings. The lowest BCUT2D eigenvalue weighted by molar-refractivity contribution is -0.123. The molecule has 1 atom stereocenters. The normalized spacial score (nSPS) is 12.3. The Balaban J connectivity index is 1.95. The third-order valence-corrected chi connectivity index (χ3v) is 4.27. The van der Waals surface area contributed by atoms with Gasteiger partial charge in [-0.1, -0.05) is 52.0 Å². The summed E-state index contributed by atoms with van der Waals surface area (Å²) in [7, 11) is 0. The summed E-state index contributed by atoms with van der Waals surface area (Å²) in [6.07, 6.45) is 0.0617. The number of ether oxygens (including phenoxy) is 1. The van der Waals surface area contributed by atoms with E-state index in [9.17, 15) is 9.59 Å². The van der Waals surface area contributed by atoms with E-state index in [1.54, 1.807) is 19.1 Å². The van der Waals surface area contributed by atoms with E-state index >= 15 is 0 Å². The third-order valence-electron chi connectivity index (χ3n) is 4.27. The number of carbonyl (C=O) groups excluding carboxylic acids is 2. The summed E-state index contributed by atoms with van der Waals surface area (Å²) in [5.74, 6) is -0.858. The van der Waals surface area contributed by atoms with Gasteiger partial charge in [0.05, 0.1) is 5.56 Å². The second kappa shape index (κ2) is 8.17. The van der Waals surface area contributed by atoms with Gasteiger partial charge < -0.3 is 10.1 Å². The van der Waals surface area contributed by atoms with E-state index in [0.717, 1.165) is 12.0 Å². The summed E-state index contributed by atoms with van der Waals surface area (Å²) in [5.41, 5.74) is 3.47. The summed E-state index contributed by atoms with van der Waals surface area (Å²) in [6.45, 7) is 9.97. The predicted molar refractivity (Wildman–Crippen MR) is 104 cm³/mol. The van der Waals surface area contributed by atoms with Crippen molar-refractivity contribution < 1.29 is 14.3 Å². The summed E-state index contributed by atoms with van der Waals surface area (Å²) in [4.78, 5) is 24.5. The van der Waals surface area contributed by atoms with E-state index < -0.39 is 12.1 Å². The van der Waals surface area contributed by atoms with Crippen molar-refractivity contribution in [3.05, 3.63) is 65.2 Å². The number of esters is 1. The molecule has 4 nitrogen and oxygen atoms in total. The molecule has 1 amide bonds. The Morgan fingerprint density at radius 3 is 2.08 bits per heavy atom. The quantitative estimate of drug-likeness (QED) is 0.791. The minimum atomic E-state index is -0.879. The second-order valence-corrected chi connectivity index (χ2v) is 7.41. The minimum Gasteiger partial charge on any atom is -0.449 e. The molecule has 2 rings (SSSR count). The Kier molecular flexibility index (Phi) is 6.19. The molecular weight excluding hydrogens is 326 g/mol. The van der Waals surface area contributed by atoms with Crippen LogP contribution in [0.2, 0.25) is 0 Å². The summed E-state index contributed by atoms with van der Waals surface area (Å²) in [6, 6.07) is 14.9. The number of hydrogen-bond donors (Lipinski definition) is 1. The molecule has 0 aliphatic rings. The first kappa shape index (κ1) is 19.7. The lowest BCUT2D eigenvalue weighted by Gasteiger charge is -2.19. The highest BCUT2D eigenvalue weighted by Crippen LogP contribution is 2.22. The van der Waals surface area contributed by atoms with Crippen molar-refractivity contribution in [2.24, 2.45) is 0 Å². The number of rotatable bonds is 5. The molecule has 0 heterocycles. The van der Waals surface area contributed by atoms with E-state index in [1.807, 2.05) is 36.4 Å². The number of benzene rings is 2. The molecule has 0 fully saturated rings. The molecule has 1 N–H and O–H groups in total. The van der Waals surface area contributed by atoms with Crippen molar-refractivity contribution in [2.75, 3.05) is 5.32 Å². The number of carbonyl (C=O) groups is 2. The smallest absolute Gasteiger partial charge is 0.338 e. The molecule has 0 aromatic heterocycles. The second-order valence-electron chi connectivity index (χ2n) is 7.41. The zero-order chi connectivity index (χ0) is 19.3. The van der Waals surface area contributed by atoms with Crippen molar-refractivity contribution >= 4 is 17.6 Å². The molecule has 0 spiro atoms. The molecule has 0 aliphatic heterocycles. The SMILES string of the molecule is CCc1ccc(NC(=O)[C@H](C)OC(=O)c2ccc(C(C)(C)C)cc2)cc1. The van der Waals surface area contributed by atoms with Gasteiger partial charge in [0.15, 0.2) is 6.10 Å². The van der Waals surface area contributed by atoms with E-state index in [0.29, 0.717) is 11.3 Å². The van der Waals surface area contributed by atoms with Crippen LogP contribution in [0.25, 0.3) is 0 Å². The Morgan fingerprint density at radius 1 is 1.00 bits per heavy atom. The first-order valence-electron chi connectivity index (χ1n) is 8.92. The predicted octanol–water partition coefficient (Wildman–Crippen LogP) is 4.73. The molecule has 2 aromatic carbocycles. The van der Waals surface area contributed by atoms with Crippen molar-refractivity contribution in [3.8, 4) is 0 Å². The molecule has 0 saturated heterocycles. The van der Waals surface area contributed by atoms with Crippen molar-refractivity contribution in [1.82, 2.24) is 0 Å². The highest BCUT2D eigenvalue weighted by atomic mass is 16.5. The molecular formula is C22H27NO3. The van der Waals surface area contributed by atoms with Crippen LogP contribution in [0.5, 0.6) is 0 Å². The molecule has 26 heavy (non-hydrogen) atoms. The maximum absolute atomic E-state index is 12.3. The summed E-state index contributed by atoms with van der Waals surface area (Å²) < 4.78 is 5.29. The van der Waals surface area contributed by atoms with Crippen LogP contribution in [-0.4, -0.2) is 18.0 Å². The van der Waals surface area contributed by atoms with Crippen LogP contribution in [0.3, 0.4) is 0 Å². The van der Waals surface area contributed by atoms with Gasteiger partial charge >= 0.3 is 5.97 Å². The fraction of sp³-hybridized carbons (Fsp3) is 0.364. The zero-order valence-corrected chi connectivity index (χ0v) is 16.1. The van der Waals surface area contributed by atoms with Crippen molar-refractivity contribution in [2.45, 2.75) is 52.6 Å². The summed E-state index contributed by atoms with van der Waals surface area (Å²) >= 11 is 0. The average molecular weight is 353 g/mol. The van der Waals surface area contributed by atoms with Gasteiger partial charge in [0.1, 0.15) is 0 Å². The van der Waals surface area contributed by atoms with Gasteiger partial charge in [-0.05, 0) is 54.2 Å². The highest BCUT2D eigenvalue weighted by Gasteiger charge is 2.20. The first-order valence-corrected chi connectivity index (χ1v) is 8.92. The zero-order valence-electron chi connectivity index (χ0n) is 16.1. The van der Waals surface area contributed by atoms with Gasteiger partial charge in [0.2, 0.25) is 0 Å². The number of nitrogens with one attached hydrogen (secondary N) is 1. The largest absolute Gasteiger partial charge is 0.449 e. The van der Waals surface area contributed by atoms with Crippen molar-refractivity contribution in [1.29, 1.82) is 0 Å². The number of amides is 1. The fourth-order valence-electron chi connectivity index (χ4n) is 2.46. The molecule has 138 valence electrons. The number of anilines is 1. The van der Waals surface area contributed by atoms with E-state index in [4.69, 9.17) is 4.74 Å². The van der Waals surface area contributed by atoms with Gasteiger partial charge in [0.25, 0.3) is 5.91 Å². The van der Waals surface area contributed by atoms with Gasteiger partial charge in [0, 0.05) is 5.69 Å². The third kappa shape index (κ3) is 5.19. The lowest BCUT2D eigenvalue weighted by atomic mass is 9.87. The molecule has 0 unspecified atom stereocenters. The first-order chi connectivity index (χ1) is 12.2. The molecule has 0 aliphatic carbocycles. The Bertz CT molecular complexity index is 755. The number of aryl methyl sites for hydroxylation is 1. The Labute approximate surface area is 155 Å². The fourth-order valence-corrected chi connectivity index (χ4v) is 2.46. The van der Waals surface area contributed by atoms with Crippen LogP contribution in [0.15, 0.2) is 48.5 Å². The van der Waals surface area contributed by atoms with E-state index in [2.05, 4.69) is 33.0 Å². The van der Waals surface area contributed by atoms with Crippen LogP contribution in [0.4, 0.5) is 5.69 Å². The van der Waals surface area contributed by atoms with E-state index in [-0.39, 0.29) is 11.3 Å². The lowest BCUT2D eigenvalue weighted by Crippen LogP contribution is -2.30. The van der Waals surface area contributed by atoms with Crippen LogP contribution in [-0.2, 0) is 21.4 Å². The molecule has 0 bridgehead atoms. The monoisotopic (exact) mass is 353 g/mol. The average Bonchev–Trinajstić information content (AvgIpc) is 2.61. The van der Waals surface area contributed by atoms with Crippen LogP contribution < -0.4 is 5.32 Å². The number of hydrogen-bond acceptors (Lipinski definition) is 3. The van der Waals surface area contributed by atoms with E-state index in [1.165, 1.54) is 5.56 Å². The van der Waals surface area contributed by atoms with Gasteiger partial charge in [-0.2, -0.15) is 0 Å². The topological polar surface area (TPSA) is 55.4 Å². The molecule has 4 heteroatoms. The molecule has 0 radical (unpaired) electrons. The van der Waals surface area contributed by atoms with Gasteiger partial charge in [-0.15, -0.1) is 0 Å². The summed E-state index contributed by atoms with van der Waals surface area (Å²) in [5, 5.41) is 2.76. The Hall–Kier alpha value is -2.62. The molecule has 0 saturated carbocycles. The van der Waals surface area contributed by atoms with Gasteiger partial charge in [-0.3, -0.25) is 4.79 Å². The Morgan fingerprint density at radius 2 is 1.58 bits per heavy atom. The standard InChI is InChI=1S/C22H27NO3/c1-6-16-7-13-19(14-8-16)23-20(24)15(2)26-21(25)17-9-11-18(12-10-17)22(3,4)5/h7-15H,6H2,1-5H3,(H,23,24)/t15-/m0/s1. The maximum Gasteiger partial charge on any atom is 0.338 e.